The van der Waals surface area contributed by atoms with Crippen LogP contribution in [-0.4, -0.2) is 17.4 Å². The molecule has 1 aromatic rings. The topological polar surface area (TPSA) is 42.0 Å². The number of hydrogen-bond donors (Lipinski definition) is 1. The molecule has 4 heteroatoms. The van der Waals surface area contributed by atoms with E-state index in [0.29, 0.717) is 0 Å². The van der Waals surface area contributed by atoms with Gasteiger partial charge in [0, 0.05) is 17.3 Å². The van der Waals surface area contributed by atoms with Gasteiger partial charge in [-0.05, 0) is 58.3 Å². The Morgan fingerprint density at radius 3 is 3.14 bits per heavy atom. The van der Waals surface area contributed by atoms with Gasteiger partial charge in [-0.2, -0.15) is 0 Å². The molecule has 1 unspecified atom stereocenters. The molecule has 1 amide bonds. The Balaban J connectivity index is 1.47. The van der Waals surface area contributed by atoms with Crippen molar-refractivity contribution in [1.29, 1.82) is 0 Å². The molecule has 2 aliphatic rings. The quantitative estimate of drug-likeness (QED) is 0.864. The molecule has 3 rings (SSSR count). The minimum Gasteiger partial charge on any atom is -0.356 e. The second kappa shape index (κ2) is 6.73. The highest BCUT2D eigenvalue weighted by Gasteiger charge is 2.26. The average molecular weight is 304 g/mol. The van der Waals surface area contributed by atoms with Crippen molar-refractivity contribution in [2.75, 3.05) is 6.54 Å². The molecule has 0 spiro atoms. The largest absolute Gasteiger partial charge is 0.356 e. The molecule has 2 aliphatic carbocycles. The minimum absolute atomic E-state index is 0.151. The molecule has 3 nitrogen and oxygen atoms in total. The number of carbonyl (C=O) groups is 1. The lowest BCUT2D eigenvalue weighted by atomic mass is 9.90. The zero-order chi connectivity index (χ0) is 14.7. The van der Waals surface area contributed by atoms with E-state index in [1.54, 1.807) is 11.3 Å². The molecule has 0 radical (unpaired) electrons. The summed E-state index contributed by atoms with van der Waals surface area (Å²) in [6, 6.07) is 0. The molecule has 114 valence electrons. The van der Waals surface area contributed by atoms with Crippen LogP contribution >= 0.6 is 11.3 Å². The van der Waals surface area contributed by atoms with E-state index in [1.807, 2.05) is 0 Å². The lowest BCUT2D eigenvalue weighted by molar-refractivity contribution is -0.125. The summed E-state index contributed by atoms with van der Waals surface area (Å²) in [6.07, 6.45) is 11.3. The van der Waals surface area contributed by atoms with Gasteiger partial charge in [0.15, 0.2) is 0 Å². The summed E-state index contributed by atoms with van der Waals surface area (Å²) in [5.74, 6) is 0.390. The molecule has 1 atom stereocenters. The van der Waals surface area contributed by atoms with Crippen molar-refractivity contribution >= 4 is 17.2 Å². The number of carbonyl (C=O) groups excluding carboxylic acids is 1. The van der Waals surface area contributed by atoms with Crippen LogP contribution in [0.5, 0.6) is 0 Å². The fraction of sp³-hybridized carbons (Fsp3) is 0.647. The Morgan fingerprint density at radius 1 is 1.43 bits per heavy atom. The number of nitrogens with one attached hydrogen (secondary N) is 1. The van der Waals surface area contributed by atoms with Crippen molar-refractivity contribution in [2.45, 2.75) is 58.3 Å². The van der Waals surface area contributed by atoms with Gasteiger partial charge in [0.25, 0.3) is 0 Å². The lowest BCUT2D eigenvalue weighted by Gasteiger charge is -2.21. The standard InChI is InChI=1S/C17H24N2OS/c1-12-19-15-8-7-14(11-16(15)21-12)17(20)18-10-9-13-5-3-2-4-6-13/h5,14H,2-4,6-11H2,1H3,(H,18,20). The molecule has 0 saturated heterocycles. The molecular weight excluding hydrogens is 280 g/mol. The molecule has 1 heterocycles. The normalized spacial score (nSPS) is 21.6. The van der Waals surface area contributed by atoms with Gasteiger partial charge in [-0.1, -0.05) is 11.6 Å². The average Bonchev–Trinajstić information content (AvgIpc) is 2.87. The van der Waals surface area contributed by atoms with Gasteiger partial charge in [-0.15, -0.1) is 11.3 Å². The number of thiazole rings is 1. The van der Waals surface area contributed by atoms with E-state index in [9.17, 15) is 4.79 Å². The summed E-state index contributed by atoms with van der Waals surface area (Å²) in [6.45, 7) is 2.85. The van der Waals surface area contributed by atoms with Gasteiger partial charge < -0.3 is 5.32 Å². The first-order chi connectivity index (χ1) is 10.2. The van der Waals surface area contributed by atoms with Gasteiger partial charge in [0.05, 0.1) is 10.7 Å². The van der Waals surface area contributed by atoms with Gasteiger partial charge in [0.1, 0.15) is 0 Å². The van der Waals surface area contributed by atoms with Gasteiger partial charge in [-0.3, -0.25) is 4.79 Å². The Hall–Kier alpha value is -1.16. The molecule has 1 aromatic heterocycles. The first-order valence-corrected chi connectivity index (χ1v) is 8.95. The number of hydrogen-bond acceptors (Lipinski definition) is 3. The van der Waals surface area contributed by atoms with Crippen LogP contribution in [0.3, 0.4) is 0 Å². The zero-order valence-electron chi connectivity index (χ0n) is 12.8. The van der Waals surface area contributed by atoms with Crippen LogP contribution < -0.4 is 5.32 Å². The highest BCUT2D eigenvalue weighted by atomic mass is 32.1. The van der Waals surface area contributed by atoms with E-state index in [0.717, 1.165) is 37.2 Å². The van der Waals surface area contributed by atoms with E-state index in [-0.39, 0.29) is 11.8 Å². The maximum atomic E-state index is 12.3. The van der Waals surface area contributed by atoms with Gasteiger partial charge in [-0.25, -0.2) is 4.98 Å². The van der Waals surface area contributed by atoms with E-state index in [2.05, 4.69) is 23.3 Å². The number of rotatable bonds is 4. The maximum Gasteiger partial charge on any atom is 0.223 e. The van der Waals surface area contributed by atoms with E-state index in [4.69, 9.17) is 0 Å². The second-order valence-corrected chi connectivity index (χ2v) is 7.48. The molecule has 0 aliphatic heterocycles. The summed E-state index contributed by atoms with van der Waals surface area (Å²) in [5, 5.41) is 4.27. The first kappa shape index (κ1) is 14.8. The summed E-state index contributed by atoms with van der Waals surface area (Å²) in [5.41, 5.74) is 2.76. The third kappa shape index (κ3) is 3.73. The fourth-order valence-corrected chi connectivity index (χ4v) is 4.41. The predicted octanol–water partition coefficient (Wildman–Crippen LogP) is 3.56. The van der Waals surface area contributed by atoms with Crippen LogP contribution in [0.1, 0.15) is 54.1 Å². The molecule has 0 aromatic carbocycles. The number of aromatic nitrogens is 1. The molecule has 0 fully saturated rings. The summed E-state index contributed by atoms with van der Waals surface area (Å²) in [4.78, 5) is 18.2. The van der Waals surface area contributed by atoms with Crippen LogP contribution in [0.25, 0.3) is 0 Å². The van der Waals surface area contributed by atoms with Gasteiger partial charge >= 0.3 is 0 Å². The summed E-state index contributed by atoms with van der Waals surface area (Å²) < 4.78 is 0. The second-order valence-electron chi connectivity index (χ2n) is 6.19. The molecular formula is C17H24N2OS. The maximum absolute atomic E-state index is 12.3. The molecule has 0 bridgehead atoms. The van der Waals surface area contributed by atoms with E-state index >= 15 is 0 Å². The van der Waals surface area contributed by atoms with Crippen molar-refractivity contribution in [2.24, 2.45) is 5.92 Å². The van der Waals surface area contributed by atoms with Crippen LogP contribution in [0.15, 0.2) is 11.6 Å². The minimum atomic E-state index is 0.151. The van der Waals surface area contributed by atoms with Gasteiger partial charge in [0.2, 0.25) is 5.91 Å². The number of fused-ring (bicyclic) bond motifs is 1. The first-order valence-electron chi connectivity index (χ1n) is 8.13. The zero-order valence-corrected chi connectivity index (χ0v) is 13.6. The summed E-state index contributed by atoms with van der Waals surface area (Å²) >= 11 is 1.76. The van der Waals surface area contributed by atoms with Crippen LogP contribution in [-0.2, 0) is 17.6 Å². The number of amides is 1. The van der Waals surface area contributed by atoms with Crippen molar-refractivity contribution in [3.63, 3.8) is 0 Å². The third-order valence-corrected chi connectivity index (χ3v) is 5.58. The number of nitrogens with zero attached hydrogens (tertiary/aromatic N) is 1. The van der Waals surface area contributed by atoms with Crippen molar-refractivity contribution < 1.29 is 4.79 Å². The number of allylic oxidation sites excluding steroid dienone is 1. The number of aryl methyl sites for hydroxylation is 2. The lowest BCUT2D eigenvalue weighted by Crippen LogP contribution is -2.34. The fourth-order valence-electron chi connectivity index (χ4n) is 3.35. The van der Waals surface area contributed by atoms with E-state index in [1.165, 1.54) is 41.8 Å². The Labute approximate surface area is 130 Å². The van der Waals surface area contributed by atoms with Crippen molar-refractivity contribution in [3.05, 3.63) is 27.2 Å². The molecule has 21 heavy (non-hydrogen) atoms. The van der Waals surface area contributed by atoms with E-state index < -0.39 is 0 Å². The smallest absolute Gasteiger partial charge is 0.223 e. The van der Waals surface area contributed by atoms with Crippen molar-refractivity contribution in [1.82, 2.24) is 10.3 Å². The summed E-state index contributed by atoms with van der Waals surface area (Å²) in [7, 11) is 0. The Morgan fingerprint density at radius 2 is 2.33 bits per heavy atom. The Bertz CT molecular complexity index is 547. The molecule has 1 N–H and O–H groups in total. The Kier molecular flexibility index (Phi) is 4.73. The molecule has 0 saturated carbocycles. The monoisotopic (exact) mass is 304 g/mol. The van der Waals surface area contributed by atoms with Crippen LogP contribution in [0.4, 0.5) is 0 Å². The SMILES string of the molecule is Cc1nc2c(s1)CC(C(=O)NCCC1=CCCCC1)CC2. The van der Waals surface area contributed by atoms with Crippen LogP contribution in [0, 0.1) is 12.8 Å². The highest BCUT2D eigenvalue weighted by molar-refractivity contribution is 7.11. The predicted molar refractivity (Wildman–Crippen MR) is 86.5 cm³/mol. The third-order valence-electron chi connectivity index (χ3n) is 4.55. The van der Waals surface area contributed by atoms with Crippen molar-refractivity contribution in [3.8, 4) is 0 Å². The van der Waals surface area contributed by atoms with Crippen LogP contribution in [0.2, 0.25) is 0 Å². The highest BCUT2D eigenvalue weighted by Crippen LogP contribution is 2.29.